The van der Waals surface area contributed by atoms with Crippen LogP contribution in [0.4, 0.5) is 4.39 Å². The predicted octanol–water partition coefficient (Wildman–Crippen LogP) is 3.93. The van der Waals surface area contributed by atoms with Crippen LogP contribution in [-0.2, 0) is 6.61 Å². The van der Waals surface area contributed by atoms with E-state index in [1.54, 1.807) is 42.6 Å². The maximum atomic E-state index is 12.9. The highest BCUT2D eigenvalue weighted by atomic mass is 19.1. The van der Waals surface area contributed by atoms with Gasteiger partial charge in [-0.1, -0.05) is 12.1 Å². The predicted molar refractivity (Wildman–Crippen MR) is 77.4 cm³/mol. The minimum Gasteiger partial charge on any atom is -0.482 e. The largest absolute Gasteiger partial charge is 0.482 e. The molecule has 0 atom stereocenters. The number of ether oxygens (including phenoxy) is 1. The molecular weight excluding hydrogens is 283 g/mol. The monoisotopic (exact) mass is 294 g/mol. The molecule has 0 saturated carbocycles. The first kappa shape index (κ1) is 13.8. The maximum Gasteiger partial charge on any atom is 0.232 e. The van der Waals surface area contributed by atoms with Crippen molar-refractivity contribution < 1.29 is 13.5 Å². The van der Waals surface area contributed by atoms with Gasteiger partial charge in [-0.05, 0) is 36.4 Å². The summed E-state index contributed by atoms with van der Waals surface area (Å²) in [6.45, 7) is 0.111. The van der Waals surface area contributed by atoms with Gasteiger partial charge in [-0.15, -0.1) is 0 Å². The quantitative estimate of drug-likeness (QED) is 0.731. The van der Waals surface area contributed by atoms with E-state index in [9.17, 15) is 4.39 Å². The van der Waals surface area contributed by atoms with Gasteiger partial charge < -0.3 is 9.15 Å². The molecule has 0 bridgehead atoms. The van der Waals surface area contributed by atoms with Gasteiger partial charge in [0.1, 0.15) is 17.6 Å². The van der Waals surface area contributed by atoms with E-state index in [1.165, 1.54) is 12.1 Å². The van der Waals surface area contributed by atoms with Gasteiger partial charge in [0.15, 0.2) is 12.4 Å². The molecule has 3 aromatic rings. The number of para-hydroxylation sites is 1. The normalized spacial score (nSPS) is 10.2. The van der Waals surface area contributed by atoms with Crippen LogP contribution in [0.1, 0.15) is 11.5 Å². The molecule has 0 radical (unpaired) electrons. The van der Waals surface area contributed by atoms with E-state index in [4.69, 9.17) is 14.4 Å². The lowest BCUT2D eigenvalue weighted by molar-refractivity contribution is 0.264. The molecule has 0 spiro atoms. The van der Waals surface area contributed by atoms with Crippen molar-refractivity contribution in [3.8, 4) is 23.1 Å². The molecule has 3 rings (SSSR count). The molecule has 0 fully saturated rings. The van der Waals surface area contributed by atoms with E-state index < -0.39 is 0 Å². The lowest BCUT2D eigenvalue weighted by atomic mass is 10.2. The summed E-state index contributed by atoms with van der Waals surface area (Å²) in [4.78, 5) is 4.12. The summed E-state index contributed by atoms with van der Waals surface area (Å²) < 4.78 is 24.0. The smallest absolute Gasteiger partial charge is 0.232 e. The first-order valence-corrected chi connectivity index (χ1v) is 6.59. The highest BCUT2D eigenvalue weighted by molar-refractivity contribution is 5.55. The zero-order chi connectivity index (χ0) is 15.4. The van der Waals surface area contributed by atoms with Crippen molar-refractivity contribution >= 4 is 0 Å². The molecular formula is C17H11FN2O2. The first-order chi connectivity index (χ1) is 10.8. The summed E-state index contributed by atoms with van der Waals surface area (Å²) >= 11 is 0. The third-order valence-corrected chi connectivity index (χ3v) is 3.04. The molecule has 5 heteroatoms. The topological polar surface area (TPSA) is 59.0 Å². The fourth-order valence-electron chi connectivity index (χ4n) is 1.95. The number of hydrogen-bond donors (Lipinski definition) is 0. The molecule has 0 aliphatic heterocycles. The van der Waals surface area contributed by atoms with E-state index in [1.807, 2.05) is 0 Å². The van der Waals surface area contributed by atoms with E-state index in [-0.39, 0.29) is 12.4 Å². The first-order valence-electron chi connectivity index (χ1n) is 6.59. The van der Waals surface area contributed by atoms with Gasteiger partial charge >= 0.3 is 0 Å². The highest BCUT2D eigenvalue weighted by Gasteiger charge is 2.08. The Morgan fingerprint density at radius 2 is 1.91 bits per heavy atom. The number of hydrogen-bond acceptors (Lipinski definition) is 4. The zero-order valence-corrected chi connectivity index (χ0v) is 11.5. The molecule has 0 aliphatic carbocycles. The van der Waals surface area contributed by atoms with E-state index >= 15 is 0 Å². The third kappa shape index (κ3) is 2.96. The van der Waals surface area contributed by atoms with Crippen LogP contribution in [-0.4, -0.2) is 4.98 Å². The molecule has 2 aromatic carbocycles. The van der Waals surface area contributed by atoms with Gasteiger partial charge in [0.05, 0.1) is 11.8 Å². The van der Waals surface area contributed by atoms with E-state index in [0.717, 1.165) is 5.56 Å². The summed E-state index contributed by atoms with van der Waals surface area (Å²) in [7, 11) is 0. The SMILES string of the molecule is N#Cc1ccccc1OCc1ncc(-c2ccc(F)cc2)o1. The van der Waals surface area contributed by atoms with E-state index in [0.29, 0.717) is 23.0 Å². The van der Waals surface area contributed by atoms with Crippen LogP contribution in [0.15, 0.2) is 59.1 Å². The van der Waals surface area contributed by atoms with Crippen LogP contribution in [0.25, 0.3) is 11.3 Å². The molecule has 0 amide bonds. The number of nitriles is 1. The van der Waals surface area contributed by atoms with Crippen LogP contribution < -0.4 is 4.74 Å². The third-order valence-electron chi connectivity index (χ3n) is 3.04. The molecule has 4 nitrogen and oxygen atoms in total. The van der Waals surface area contributed by atoms with Crippen LogP contribution >= 0.6 is 0 Å². The summed E-state index contributed by atoms with van der Waals surface area (Å²) in [6, 6.07) is 14.9. The molecule has 108 valence electrons. The number of oxazole rings is 1. The minimum absolute atomic E-state index is 0.111. The Labute approximate surface area is 126 Å². The fourth-order valence-corrected chi connectivity index (χ4v) is 1.95. The number of halogens is 1. The van der Waals surface area contributed by atoms with Gasteiger partial charge in [-0.2, -0.15) is 5.26 Å². The average molecular weight is 294 g/mol. The standard InChI is InChI=1S/C17H11FN2O2/c18-14-7-5-12(6-8-14)16-10-20-17(22-16)11-21-15-4-2-1-3-13(15)9-19/h1-8,10H,11H2. The fraction of sp³-hybridized carbons (Fsp3) is 0.0588. The number of benzene rings is 2. The molecule has 1 aromatic heterocycles. The second-order valence-electron chi connectivity index (χ2n) is 4.52. The molecule has 1 heterocycles. The summed E-state index contributed by atoms with van der Waals surface area (Å²) in [5, 5.41) is 8.99. The van der Waals surface area contributed by atoms with Crippen molar-refractivity contribution in [2.45, 2.75) is 6.61 Å². The Kier molecular flexibility index (Phi) is 3.84. The molecule has 0 N–H and O–H groups in total. The van der Waals surface area contributed by atoms with Crippen molar-refractivity contribution in [2.24, 2.45) is 0 Å². The summed E-state index contributed by atoms with van der Waals surface area (Å²) in [5.41, 5.74) is 1.19. The van der Waals surface area contributed by atoms with Gasteiger partial charge in [-0.25, -0.2) is 9.37 Å². The second-order valence-corrected chi connectivity index (χ2v) is 4.52. The van der Waals surface area contributed by atoms with Crippen molar-refractivity contribution in [3.63, 3.8) is 0 Å². The molecule has 0 saturated heterocycles. The Balaban J connectivity index is 1.72. The summed E-state index contributed by atoms with van der Waals surface area (Å²) in [5.74, 6) is 1.09. The van der Waals surface area contributed by atoms with Gasteiger partial charge in [0.25, 0.3) is 0 Å². The van der Waals surface area contributed by atoms with Crippen molar-refractivity contribution in [2.75, 3.05) is 0 Å². The van der Waals surface area contributed by atoms with Crippen molar-refractivity contribution in [3.05, 3.63) is 72.0 Å². The van der Waals surface area contributed by atoms with Crippen LogP contribution in [0.3, 0.4) is 0 Å². The number of nitrogens with zero attached hydrogens (tertiary/aromatic N) is 2. The van der Waals surface area contributed by atoms with Gasteiger partial charge in [-0.3, -0.25) is 0 Å². The second kappa shape index (κ2) is 6.10. The maximum absolute atomic E-state index is 12.9. The minimum atomic E-state index is -0.306. The van der Waals surface area contributed by atoms with Crippen LogP contribution in [0, 0.1) is 17.1 Å². The molecule has 22 heavy (non-hydrogen) atoms. The number of aromatic nitrogens is 1. The Hall–Kier alpha value is -3.13. The Morgan fingerprint density at radius 3 is 2.68 bits per heavy atom. The zero-order valence-electron chi connectivity index (χ0n) is 11.5. The highest BCUT2D eigenvalue weighted by Crippen LogP contribution is 2.22. The number of rotatable bonds is 4. The van der Waals surface area contributed by atoms with Crippen LogP contribution in [0.5, 0.6) is 5.75 Å². The lowest BCUT2D eigenvalue weighted by Crippen LogP contribution is -1.97. The average Bonchev–Trinajstić information content (AvgIpc) is 3.03. The van der Waals surface area contributed by atoms with Crippen molar-refractivity contribution in [1.29, 1.82) is 5.26 Å². The molecule has 0 aliphatic rings. The molecule has 0 unspecified atom stereocenters. The van der Waals surface area contributed by atoms with E-state index in [2.05, 4.69) is 11.1 Å². The lowest BCUT2D eigenvalue weighted by Gasteiger charge is -2.04. The Morgan fingerprint density at radius 1 is 1.14 bits per heavy atom. The van der Waals surface area contributed by atoms with Gasteiger partial charge in [0, 0.05) is 5.56 Å². The Bertz CT molecular complexity index is 819. The van der Waals surface area contributed by atoms with Crippen LogP contribution in [0.2, 0.25) is 0 Å². The van der Waals surface area contributed by atoms with Gasteiger partial charge in [0.2, 0.25) is 5.89 Å². The summed E-state index contributed by atoms with van der Waals surface area (Å²) in [6.07, 6.45) is 1.56. The van der Waals surface area contributed by atoms with Crippen molar-refractivity contribution in [1.82, 2.24) is 4.98 Å².